The molecule has 0 spiro atoms. The fourth-order valence-corrected chi connectivity index (χ4v) is 1.75. The predicted molar refractivity (Wildman–Crippen MR) is 70.2 cm³/mol. The largest absolute Gasteiger partial charge is 0.476 e. The Hall–Kier alpha value is -1.52. The van der Waals surface area contributed by atoms with Crippen molar-refractivity contribution in [2.24, 2.45) is 5.92 Å². The molecular formula is C12H22N4O. The number of nitrogen functional groups attached to an aromatic ring is 1. The first-order chi connectivity index (χ1) is 8.04. The van der Waals surface area contributed by atoms with Crippen LogP contribution in [-0.2, 0) is 0 Å². The summed E-state index contributed by atoms with van der Waals surface area (Å²) in [7, 11) is 0. The zero-order valence-corrected chi connectivity index (χ0v) is 11.0. The van der Waals surface area contributed by atoms with Gasteiger partial charge in [0.2, 0.25) is 5.88 Å². The SMILES string of the molecule is CCOc1ncnc(NC(C)CC(C)C)c1N. The first-order valence-corrected chi connectivity index (χ1v) is 6.04. The van der Waals surface area contributed by atoms with Gasteiger partial charge < -0.3 is 15.8 Å². The van der Waals surface area contributed by atoms with Gasteiger partial charge in [-0.3, -0.25) is 0 Å². The van der Waals surface area contributed by atoms with E-state index in [-0.39, 0.29) is 0 Å². The molecule has 0 fully saturated rings. The number of nitrogens with zero attached hydrogens (tertiary/aromatic N) is 2. The normalized spacial score (nSPS) is 12.5. The molecule has 1 heterocycles. The summed E-state index contributed by atoms with van der Waals surface area (Å²) < 4.78 is 5.32. The molecule has 1 aromatic rings. The molecule has 1 rings (SSSR count). The van der Waals surface area contributed by atoms with Crippen molar-refractivity contribution in [1.29, 1.82) is 0 Å². The lowest BCUT2D eigenvalue weighted by Crippen LogP contribution is -2.19. The Kier molecular flexibility index (Phi) is 5.00. The van der Waals surface area contributed by atoms with Gasteiger partial charge in [-0.05, 0) is 26.2 Å². The number of aromatic nitrogens is 2. The zero-order chi connectivity index (χ0) is 12.8. The number of nitrogens with two attached hydrogens (primary N) is 1. The molecule has 0 aliphatic heterocycles. The van der Waals surface area contributed by atoms with Crippen molar-refractivity contribution in [2.45, 2.75) is 40.2 Å². The number of nitrogens with one attached hydrogen (secondary N) is 1. The zero-order valence-electron chi connectivity index (χ0n) is 11.0. The highest BCUT2D eigenvalue weighted by molar-refractivity contribution is 5.66. The van der Waals surface area contributed by atoms with Crippen molar-refractivity contribution >= 4 is 11.5 Å². The molecule has 0 aliphatic rings. The highest BCUT2D eigenvalue weighted by Gasteiger charge is 2.12. The molecular weight excluding hydrogens is 216 g/mol. The van der Waals surface area contributed by atoms with Crippen molar-refractivity contribution in [3.63, 3.8) is 0 Å². The molecule has 3 N–H and O–H groups in total. The van der Waals surface area contributed by atoms with E-state index in [1.165, 1.54) is 6.33 Å². The van der Waals surface area contributed by atoms with Crippen LogP contribution in [0.25, 0.3) is 0 Å². The minimum absolute atomic E-state index is 0.321. The summed E-state index contributed by atoms with van der Waals surface area (Å²) in [6.45, 7) is 8.93. The summed E-state index contributed by atoms with van der Waals surface area (Å²) >= 11 is 0. The lowest BCUT2D eigenvalue weighted by atomic mass is 10.1. The Morgan fingerprint density at radius 1 is 1.35 bits per heavy atom. The fraction of sp³-hybridized carbons (Fsp3) is 0.667. The summed E-state index contributed by atoms with van der Waals surface area (Å²) in [5, 5.41) is 3.28. The number of anilines is 2. The maximum absolute atomic E-state index is 5.94. The van der Waals surface area contributed by atoms with Crippen LogP contribution in [0.15, 0.2) is 6.33 Å². The maximum Gasteiger partial charge on any atom is 0.242 e. The summed E-state index contributed by atoms with van der Waals surface area (Å²) in [6.07, 6.45) is 2.53. The number of rotatable bonds is 6. The molecule has 0 saturated carbocycles. The second-order valence-electron chi connectivity index (χ2n) is 4.55. The number of ether oxygens (including phenoxy) is 1. The van der Waals surface area contributed by atoms with Gasteiger partial charge in [0, 0.05) is 6.04 Å². The highest BCUT2D eigenvalue weighted by Crippen LogP contribution is 2.25. The molecule has 0 radical (unpaired) electrons. The standard InChI is InChI=1S/C12H22N4O/c1-5-17-12-10(13)11(14-7-15-12)16-9(4)6-8(2)3/h7-9H,5-6,13H2,1-4H3,(H,14,15,16). The highest BCUT2D eigenvalue weighted by atomic mass is 16.5. The molecule has 5 heteroatoms. The number of hydrogen-bond acceptors (Lipinski definition) is 5. The Bertz CT molecular complexity index is 354. The molecule has 1 unspecified atom stereocenters. The van der Waals surface area contributed by atoms with Gasteiger partial charge in [0.1, 0.15) is 12.0 Å². The van der Waals surface area contributed by atoms with Crippen LogP contribution in [0, 0.1) is 5.92 Å². The van der Waals surface area contributed by atoms with Gasteiger partial charge in [-0.1, -0.05) is 13.8 Å². The fourth-order valence-electron chi connectivity index (χ4n) is 1.75. The van der Waals surface area contributed by atoms with Crippen LogP contribution in [-0.4, -0.2) is 22.6 Å². The van der Waals surface area contributed by atoms with Gasteiger partial charge in [-0.25, -0.2) is 4.98 Å². The third-order valence-electron chi connectivity index (χ3n) is 2.34. The van der Waals surface area contributed by atoms with Crippen LogP contribution < -0.4 is 15.8 Å². The third kappa shape index (κ3) is 4.09. The molecule has 0 aromatic carbocycles. The number of hydrogen-bond donors (Lipinski definition) is 2. The smallest absolute Gasteiger partial charge is 0.242 e. The van der Waals surface area contributed by atoms with Crippen LogP contribution in [0.3, 0.4) is 0 Å². The average molecular weight is 238 g/mol. The van der Waals surface area contributed by atoms with Crippen LogP contribution in [0.5, 0.6) is 5.88 Å². The van der Waals surface area contributed by atoms with E-state index < -0.39 is 0 Å². The van der Waals surface area contributed by atoms with Gasteiger partial charge >= 0.3 is 0 Å². The summed E-state index contributed by atoms with van der Waals surface area (Å²) in [6, 6.07) is 0.321. The van der Waals surface area contributed by atoms with E-state index in [0.717, 1.165) is 6.42 Å². The van der Waals surface area contributed by atoms with Crippen molar-refractivity contribution in [2.75, 3.05) is 17.7 Å². The molecule has 1 aromatic heterocycles. The van der Waals surface area contributed by atoms with Crippen molar-refractivity contribution in [3.05, 3.63) is 6.33 Å². The van der Waals surface area contributed by atoms with E-state index in [2.05, 4.69) is 36.1 Å². The molecule has 0 amide bonds. The van der Waals surface area contributed by atoms with Crippen LogP contribution >= 0.6 is 0 Å². The van der Waals surface area contributed by atoms with Crippen LogP contribution in [0.2, 0.25) is 0 Å². The van der Waals surface area contributed by atoms with E-state index >= 15 is 0 Å². The second kappa shape index (κ2) is 6.27. The Labute approximate surface area is 103 Å². The van der Waals surface area contributed by atoms with E-state index in [4.69, 9.17) is 10.5 Å². The van der Waals surface area contributed by atoms with Gasteiger partial charge in [0.25, 0.3) is 0 Å². The lowest BCUT2D eigenvalue weighted by molar-refractivity contribution is 0.328. The average Bonchev–Trinajstić information content (AvgIpc) is 2.23. The van der Waals surface area contributed by atoms with E-state index in [1.54, 1.807) is 0 Å². The first-order valence-electron chi connectivity index (χ1n) is 6.04. The molecule has 5 nitrogen and oxygen atoms in total. The molecule has 0 bridgehead atoms. The molecule has 1 atom stereocenters. The maximum atomic E-state index is 5.94. The molecule has 96 valence electrons. The quantitative estimate of drug-likeness (QED) is 0.795. The topological polar surface area (TPSA) is 73.1 Å². The Balaban J connectivity index is 2.73. The van der Waals surface area contributed by atoms with Gasteiger partial charge in [-0.15, -0.1) is 0 Å². The van der Waals surface area contributed by atoms with E-state index in [9.17, 15) is 0 Å². The van der Waals surface area contributed by atoms with Crippen LogP contribution in [0.1, 0.15) is 34.1 Å². The van der Waals surface area contributed by atoms with Crippen molar-refractivity contribution in [1.82, 2.24) is 9.97 Å². The van der Waals surface area contributed by atoms with Crippen molar-refractivity contribution < 1.29 is 4.74 Å². The third-order valence-corrected chi connectivity index (χ3v) is 2.34. The van der Waals surface area contributed by atoms with Crippen LogP contribution in [0.4, 0.5) is 11.5 Å². The second-order valence-corrected chi connectivity index (χ2v) is 4.55. The molecule has 0 saturated heterocycles. The molecule has 0 aliphatic carbocycles. The molecule has 17 heavy (non-hydrogen) atoms. The Morgan fingerprint density at radius 3 is 2.65 bits per heavy atom. The Morgan fingerprint density at radius 2 is 2.06 bits per heavy atom. The first kappa shape index (κ1) is 13.5. The minimum atomic E-state index is 0.321. The summed E-state index contributed by atoms with van der Waals surface area (Å²) in [5.41, 5.74) is 6.41. The van der Waals surface area contributed by atoms with E-state index in [0.29, 0.717) is 36.0 Å². The van der Waals surface area contributed by atoms with E-state index in [1.807, 2.05) is 6.92 Å². The summed E-state index contributed by atoms with van der Waals surface area (Å²) in [5.74, 6) is 1.73. The van der Waals surface area contributed by atoms with Gasteiger partial charge in [0.15, 0.2) is 5.82 Å². The lowest BCUT2D eigenvalue weighted by Gasteiger charge is -2.18. The monoisotopic (exact) mass is 238 g/mol. The predicted octanol–water partition coefficient (Wildman–Crippen LogP) is 2.30. The minimum Gasteiger partial charge on any atom is -0.476 e. The van der Waals surface area contributed by atoms with Gasteiger partial charge in [0.05, 0.1) is 6.61 Å². The van der Waals surface area contributed by atoms with Gasteiger partial charge in [-0.2, -0.15) is 4.98 Å². The van der Waals surface area contributed by atoms with Crippen molar-refractivity contribution in [3.8, 4) is 5.88 Å². The summed E-state index contributed by atoms with van der Waals surface area (Å²) in [4.78, 5) is 8.14.